The molecular weight excluding hydrogens is 168 g/mol. The summed E-state index contributed by atoms with van der Waals surface area (Å²) < 4.78 is 10.3. The lowest BCUT2D eigenvalue weighted by Gasteiger charge is -2.19. The molecule has 0 spiro atoms. The van der Waals surface area contributed by atoms with E-state index in [0.717, 1.165) is 5.57 Å². The van der Waals surface area contributed by atoms with E-state index in [1.165, 1.54) is 6.08 Å². The molecule has 0 N–H and O–H groups in total. The maximum absolute atomic E-state index is 11.0. The normalized spacial score (nSPS) is 19.8. The Labute approximate surface area is 76.0 Å². The van der Waals surface area contributed by atoms with Crippen LogP contribution in [0.15, 0.2) is 28.9 Å². The SMILES string of the molecule is CC1(C)OC(=O)C=C1c1ccco1. The summed E-state index contributed by atoms with van der Waals surface area (Å²) >= 11 is 0. The summed E-state index contributed by atoms with van der Waals surface area (Å²) in [6.45, 7) is 3.68. The Kier molecular flexibility index (Phi) is 1.55. The van der Waals surface area contributed by atoms with Crippen molar-refractivity contribution in [1.29, 1.82) is 0 Å². The van der Waals surface area contributed by atoms with Crippen LogP contribution in [0.5, 0.6) is 0 Å². The van der Waals surface area contributed by atoms with E-state index in [-0.39, 0.29) is 5.97 Å². The lowest BCUT2D eigenvalue weighted by molar-refractivity contribution is -0.142. The third-order valence-electron chi connectivity index (χ3n) is 2.05. The van der Waals surface area contributed by atoms with Crippen LogP contribution in [0.2, 0.25) is 0 Å². The van der Waals surface area contributed by atoms with Crippen LogP contribution in [0.1, 0.15) is 19.6 Å². The van der Waals surface area contributed by atoms with E-state index < -0.39 is 5.60 Å². The van der Waals surface area contributed by atoms with Gasteiger partial charge in [-0.1, -0.05) is 0 Å². The summed E-state index contributed by atoms with van der Waals surface area (Å²) in [5.41, 5.74) is 0.220. The highest BCUT2D eigenvalue weighted by atomic mass is 16.6. The summed E-state index contributed by atoms with van der Waals surface area (Å²) in [4.78, 5) is 11.0. The minimum Gasteiger partial charge on any atom is -0.465 e. The van der Waals surface area contributed by atoms with Gasteiger partial charge in [-0.15, -0.1) is 0 Å². The molecule has 1 aromatic rings. The smallest absolute Gasteiger partial charge is 0.332 e. The number of hydrogen-bond donors (Lipinski definition) is 0. The van der Waals surface area contributed by atoms with Gasteiger partial charge in [0.2, 0.25) is 0 Å². The first kappa shape index (κ1) is 8.10. The number of carbonyl (C=O) groups is 1. The van der Waals surface area contributed by atoms with Crippen LogP contribution in [0.4, 0.5) is 0 Å². The van der Waals surface area contributed by atoms with Crippen LogP contribution >= 0.6 is 0 Å². The molecule has 0 aliphatic carbocycles. The highest BCUT2D eigenvalue weighted by Gasteiger charge is 2.36. The fourth-order valence-electron chi connectivity index (χ4n) is 1.43. The second-order valence-corrected chi connectivity index (χ2v) is 3.47. The molecule has 0 aromatic carbocycles. The van der Waals surface area contributed by atoms with Gasteiger partial charge in [-0.2, -0.15) is 0 Å². The molecule has 3 heteroatoms. The van der Waals surface area contributed by atoms with Crippen LogP contribution < -0.4 is 0 Å². The summed E-state index contributed by atoms with van der Waals surface area (Å²) in [6.07, 6.45) is 3.05. The molecule has 3 nitrogen and oxygen atoms in total. The van der Waals surface area contributed by atoms with E-state index in [2.05, 4.69) is 0 Å². The average Bonchev–Trinajstić information content (AvgIpc) is 2.56. The molecule has 1 aliphatic heterocycles. The molecule has 0 amide bonds. The second kappa shape index (κ2) is 2.49. The van der Waals surface area contributed by atoms with Gasteiger partial charge in [0.05, 0.1) is 6.26 Å². The molecule has 0 saturated carbocycles. The van der Waals surface area contributed by atoms with E-state index in [0.29, 0.717) is 5.76 Å². The Morgan fingerprint density at radius 1 is 1.38 bits per heavy atom. The summed E-state index contributed by atoms with van der Waals surface area (Å²) in [7, 11) is 0. The lowest BCUT2D eigenvalue weighted by atomic mass is 9.97. The molecule has 0 atom stereocenters. The summed E-state index contributed by atoms with van der Waals surface area (Å²) in [5.74, 6) is 0.382. The van der Waals surface area contributed by atoms with Crippen molar-refractivity contribution >= 4 is 11.5 Å². The predicted octanol–water partition coefficient (Wildman–Crippen LogP) is 2.00. The van der Waals surface area contributed by atoms with E-state index >= 15 is 0 Å². The van der Waals surface area contributed by atoms with Crippen molar-refractivity contribution in [3.8, 4) is 0 Å². The Hall–Kier alpha value is -1.51. The number of ether oxygens (including phenoxy) is 1. The number of carbonyl (C=O) groups excluding carboxylic acids is 1. The Bertz CT molecular complexity index is 358. The van der Waals surface area contributed by atoms with E-state index in [1.807, 2.05) is 19.9 Å². The van der Waals surface area contributed by atoms with Crippen LogP contribution in [0.25, 0.3) is 5.57 Å². The van der Waals surface area contributed by atoms with Crippen LogP contribution in [-0.4, -0.2) is 11.6 Å². The van der Waals surface area contributed by atoms with Crippen molar-refractivity contribution < 1.29 is 13.9 Å². The van der Waals surface area contributed by atoms with Gasteiger partial charge in [0.1, 0.15) is 11.4 Å². The molecule has 0 saturated heterocycles. The Morgan fingerprint density at radius 2 is 2.15 bits per heavy atom. The van der Waals surface area contributed by atoms with Gasteiger partial charge >= 0.3 is 5.97 Å². The highest BCUT2D eigenvalue weighted by molar-refractivity contribution is 5.97. The molecule has 68 valence electrons. The zero-order valence-corrected chi connectivity index (χ0v) is 7.53. The highest BCUT2D eigenvalue weighted by Crippen LogP contribution is 2.35. The standard InChI is InChI=1S/C10H10O3/c1-10(2)7(6-9(11)13-10)8-4-3-5-12-8/h3-6H,1-2H3. The third kappa shape index (κ3) is 1.26. The van der Waals surface area contributed by atoms with Crippen molar-refractivity contribution in [3.63, 3.8) is 0 Å². The first-order valence-corrected chi connectivity index (χ1v) is 4.08. The Balaban J connectivity index is 2.44. The zero-order valence-electron chi connectivity index (χ0n) is 7.53. The van der Waals surface area contributed by atoms with Crippen molar-refractivity contribution in [2.75, 3.05) is 0 Å². The molecule has 0 radical (unpaired) electrons. The summed E-state index contributed by atoms with van der Waals surface area (Å²) in [6, 6.07) is 3.60. The molecule has 1 aromatic heterocycles. The van der Waals surface area contributed by atoms with Gasteiger partial charge in [0, 0.05) is 11.6 Å². The first-order chi connectivity index (χ1) is 6.09. The molecule has 0 unspecified atom stereocenters. The maximum atomic E-state index is 11.0. The molecular formula is C10H10O3. The molecule has 13 heavy (non-hydrogen) atoms. The first-order valence-electron chi connectivity index (χ1n) is 4.08. The van der Waals surface area contributed by atoms with E-state index in [1.54, 1.807) is 12.3 Å². The fraction of sp³-hybridized carbons (Fsp3) is 0.300. The van der Waals surface area contributed by atoms with Crippen molar-refractivity contribution in [3.05, 3.63) is 30.2 Å². The van der Waals surface area contributed by atoms with E-state index in [4.69, 9.17) is 9.15 Å². The van der Waals surface area contributed by atoms with Crippen LogP contribution in [0, 0.1) is 0 Å². The van der Waals surface area contributed by atoms with Gasteiger partial charge < -0.3 is 9.15 Å². The minimum absolute atomic E-state index is 0.309. The quantitative estimate of drug-likeness (QED) is 0.617. The van der Waals surface area contributed by atoms with Crippen molar-refractivity contribution in [1.82, 2.24) is 0 Å². The molecule has 1 aliphatic rings. The van der Waals surface area contributed by atoms with Crippen LogP contribution in [0.3, 0.4) is 0 Å². The fourth-order valence-corrected chi connectivity index (χ4v) is 1.43. The van der Waals surface area contributed by atoms with Crippen molar-refractivity contribution in [2.24, 2.45) is 0 Å². The zero-order chi connectivity index (χ0) is 9.47. The van der Waals surface area contributed by atoms with Crippen molar-refractivity contribution in [2.45, 2.75) is 19.4 Å². The topological polar surface area (TPSA) is 39.4 Å². The minimum atomic E-state index is -0.574. The van der Waals surface area contributed by atoms with Gasteiger partial charge in [-0.05, 0) is 26.0 Å². The predicted molar refractivity (Wildman–Crippen MR) is 46.9 cm³/mol. The van der Waals surface area contributed by atoms with E-state index in [9.17, 15) is 4.79 Å². The average molecular weight is 178 g/mol. The number of cyclic esters (lactones) is 1. The largest absolute Gasteiger partial charge is 0.465 e. The van der Waals surface area contributed by atoms with Gasteiger partial charge in [0.25, 0.3) is 0 Å². The number of rotatable bonds is 1. The number of hydrogen-bond acceptors (Lipinski definition) is 3. The lowest BCUT2D eigenvalue weighted by Crippen LogP contribution is -2.22. The maximum Gasteiger partial charge on any atom is 0.332 e. The van der Waals surface area contributed by atoms with Gasteiger partial charge in [0.15, 0.2) is 0 Å². The molecule has 2 heterocycles. The monoisotopic (exact) mass is 178 g/mol. The van der Waals surface area contributed by atoms with Gasteiger partial charge in [-0.3, -0.25) is 0 Å². The summed E-state index contributed by atoms with van der Waals surface area (Å²) in [5, 5.41) is 0. The number of esters is 1. The third-order valence-corrected chi connectivity index (χ3v) is 2.05. The molecule has 0 fully saturated rings. The molecule has 0 bridgehead atoms. The van der Waals surface area contributed by atoms with Crippen LogP contribution in [-0.2, 0) is 9.53 Å². The van der Waals surface area contributed by atoms with Gasteiger partial charge in [-0.25, -0.2) is 4.79 Å². The Morgan fingerprint density at radius 3 is 2.62 bits per heavy atom. The second-order valence-electron chi connectivity index (χ2n) is 3.47. The molecule has 2 rings (SSSR count). The number of furan rings is 1.